The maximum absolute atomic E-state index is 4.67. The first kappa shape index (κ1) is 12.5. The summed E-state index contributed by atoms with van der Waals surface area (Å²) in [5, 5.41) is 0. The average molecular weight is 261 g/mol. The van der Waals surface area contributed by atoms with Crippen molar-refractivity contribution < 1.29 is 0 Å². The highest BCUT2D eigenvalue weighted by molar-refractivity contribution is 5.62. The van der Waals surface area contributed by atoms with E-state index in [0.29, 0.717) is 5.82 Å². The zero-order valence-corrected chi connectivity index (χ0v) is 11.5. The van der Waals surface area contributed by atoms with E-state index >= 15 is 0 Å². The number of nitrogens with zero attached hydrogens (tertiary/aromatic N) is 3. The van der Waals surface area contributed by atoms with Crippen LogP contribution in [0.1, 0.15) is 11.4 Å². The molecule has 0 radical (unpaired) electrons. The fourth-order valence-corrected chi connectivity index (χ4v) is 2.17. The average Bonchev–Trinajstić information content (AvgIpc) is 2.47. The number of aromatic nitrogens is 3. The first-order valence-corrected chi connectivity index (χ1v) is 6.57. The SMILES string of the molecule is Cc1cc(C)nc(-c2cccc(-c3ccccc3)n2)n1. The molecule has 0 saturated heterocycles. The minimum atomic E-state index is 0.681. The lowest BCUT2D eigenvalue weighted by atomic mass is 10.1. The van der Waals surface area contributed by atoms with Gasteiger partial charge in [-0.2, -0.15) is 0 Å². The lowest BCUT2D eigenvalue weighted by Gasteiger charge is -2.05. The van der Waals surface area contributed by atoms with Crippen molar-refractivity contribution in [2.24, 2.45) is 0 Å². The quantitative estimate of drug-likeness (QED) is 0.704. The molecule has 20 heavy (non-hydrogen) atoms. The van der Waals surface area contributed by atoms with E-state index in [2.05, 4.69) is 27.1 Å². The van der Waals surface area contributed by atoms with Crippen LogP contribution in [0.3, 0.4) is 0 Å². The smallest absolute Gasteiger partial charge is 0.178 e. The molecule has 0 fully saturated rings. The maximum Gasteiger partial charge on any atom is 0.178 e. The number of hydrogen-bond donors (Lipinski definition) is 0. The molecule has 0 amide bonds. The summed E-state index contributed by atoms with van der Waals surface area (Å²) in [6, 6.07) is 18.0. The Bertz CT molecular complexity index is 716. The molecule has 0 aliphatic carbocycles. The molecular formula is C17H15N3. The van der Waals surface area contributed by atoms with Crippen LogP contribution in [0.2, 0.25) is 0 Å². The van der Waals surface area contributed by atoms with E-state index in [1.165, 1.54) is 0 Å². The second kappa shape index (κ2) is 5.21. The van der Waals surface area contributed by atoms with Crippen molar-refractivity contribution in [1.82, 2.24) is 15.0 Å². The van der Waals surface area contributed by atoms with Gasteiger partial charge in [0.1, 0.15) is 5.69 Å². The van der Waals surface area contributed by atoms with Gasteiger partial charge in [0, 0.05) is 17.0 Å². The lowest BCUT2D eigenvalue weighted by molar-refractivity contribution is 1.05. The number of hydrogen-bond acceptors (Lipinski definition) is 3. The van der Waals surface area contributed by atoms with Crippen LogP contribution in [-0.4, -0.2) is 15.0 Å². The standard InChI is InChI=1S/C17H15N3/c1-12-11-13(2)19-17(18-12)16-10-6-9-15(20-16)14-7-4-3-5-8-14/h3-11H,1-2H3. The van der Waals surface area contributed by atoms with Gasteiger partial charge in [0.2, 0.25) is 0 Å². The van der Waals surface area contributed by atoms with Crippen LogP contribution in [0.15, 0.2) is 54.6 Å². The number of aryl methyl sites for hydroxylation is 2. The van der Waals surface area contributed by atoms with Crippen molar-refractivity contribution in [3.8, 4) is 22.8 Å². The molecule has 2 aromatic heterocycles. The highest BCUT2D eigenvalue weighted by Crippen LogP contribution is 2.20. The van der Waals surface area contributed by atoms with Gasteiger partial charge in [-0.3, -0.25) is 0 Å². The van der Waals surface area contributed by atoms with E-state index in [0.717, 1.165) is 28.3 Å². The summed E-state index contributed by atoms with van der Waals surface area (Å²) in [6.45, 7) is 3.94. The third-order valence-corrected chi connectivity index (χ3v) is 3.03. The van der Waals surface area contributed by atoms with Crippen LogP contribution < -0.4 is 0 Å². The van der Waals surface area contributed by atoms with Crippen LogP contribution in [0.4, 0.5) is 0 Å². The molecule has 0 unspecified atom stereocenters. The van der Waals surface area contributed by atoms with Crippen LogP contribution in [0.5, 0.6) is 0 Å². The Morgan fingerprint density at radius 1 is 0.650 bits per heavy atom. The largest absolute Gasteiger partial charge is 0.244 e. The zero-order chi connectivity index (χ0) is 13.9. The van der Waals surface area contributed by atoms with Gasteiger partial charge in [-0.05, 0) is 32.0 Å². The fraction of sp³-hybridized carbons (Fsp3) is 0.118. The normalized spacial score (nSPS) is 10.5. The minimum Gasteiger partial charge on any atom is -0.244 e. The predicted molar refractivity (Wildman–Crippen MR) is 80.2 cm³/mol. The summed E-state index contributed by atoms with van der Waals surface area (Å²) in [7, 11) is 0. The molecule has 0 aliphatic heterocycles. The van der Waals surface area contributed by atoms with Crippen molar-refractivity contribution in [3.63, 3.8) is 0 Å². The number of benzene rings is 1. The van der Waals surface area contributed by atoms with Crippen molar-refractivity contribution >= 4 is 0 Å². The summed E-state index contributed by atoms with van der Waals surface area (Å²) in [5.74, 6) is 0.681. The van der Waals surface area contributed by atoms with Crippen LogP contribution in [-0.2, 0) is 0 Å². The van der Waals surface area contributed by atoms with Gasteiger partial charge in [0.05, 0.1) is 5.69 Å². The lowest BCUT2D eigenvalue weighted by Crippen LogP contribution is -1.97. The van der Waals surface area contributed by atoms with Crippen molar-refractivity contribution in [1.29, 1.82) is 0 Å². The topological polar surface area (TPSA) is 38.7 Å². The summed E-state index contributed by atoms with van der Waals surface area (Å²) in [5.41, 5.74) is 4.75. The van der Waals surface area contributed by atoms with E-state index < -0.39 is 0 Å². The monoisotopic (exact) mass is 261 g/mol. The van der Waals surface area contributed by atoms with Gasteiger partial charge < -0.3 is 0 Å². The first-order chi connectivity index (χ1) is 9.72. The number of rotatable bonds is 2. The van der Waals surface area contributed by atoms with E-state index in [1.54, 1.807) is 0 Å². The van der Waals surface area contributed by atoms with E-state index in [4.69, 9.17) is 0 Å². The molecule has 3 rings (SSSR count). The highest BCUT2D eigenvalue weighted by atomic mass is 14.9. The third kappa shape index (κ3) is 2.57. The first-order valence-electron chi connectivity index (χ1n) is 6.57. The Morgan fingerprint density at radius 3 is 2.00 bits per heavy atom. The molecule has 98 valence electrons. The Labute approximate surface area is 118 Å². The summed E-state index contributed by atoms with van der Waals surface area (Å²) < 4.78 is 0. The van der Waals surface area contributed by atoms with Gasteiger partial charge >= 0.3 is 0 Å². The Kier molecular flexibility index (Phi) is 3.25. The molecule has 1 aromatic carbocycles. The minimum absolute atomic E-state index is 0.681. The molecule has 0 spiro atoms. The van der Waals surface area contributed by atoms with Crippen LogP contribution in [0, 0.1) is 13.8 Å². The summed E-state index contributed by atoms with van der Waals surface area (Å²) in [4.78, 5) is 13.6. The summed E-state index contributed by atoms with van der Waals surface area (Å²) in [6.07, 6.45) is 0. The molecule has 3 aromatic rings. The van der Waals surface area contributed by atoms with Gasteiger partial charge in [-0.1, -0.05) is 36.4 Å². The fourth-order valence-electron chi connectivity index (χ4n) is 2.17. The maximum atomic E-state index is 4.67. The molecule has 0 N–H and O–H groups in total. The second-order valence-electron chi connectivity index (χ2n) is 4.75. The molecule has 0 bridgehead atoms. The molecular weight excluding hydrogens is 246 g/mol. The Balaban J connectivity index is 2.07. The van der Waals surface area contributed by atoms with E-state index in [-0.39, 0.29) is 0 Å². The van der Waals surface area contributed by atoms with Crippen LogP contribution >= 0.6 is 0 Å². The molecule has 0 saturated carbocycles. The Morgan fingerprint density at radius 2 is 1.30 bits per heavy atom. The molecule has 3 nitrogen and oxygen atoms in total. The molecule has 2 heterocycles. The van der Waals surface area contributed by atoms with Gasteiger partial charge in [0.15, 0.2) is 5.82 Å². The van der Waals surface area contributed by atoms with Crippen molar-refractivity contribution in [3.05, 3.63) is 66.0 Å². The molecule has 0 aliphatic rings. The van der Waals surface area contributed by atoms with Crippen molar-refractivity contribution in [2.75, 3.05) is 0 Å². The predicted octanol–water partition coefficient (Wildman–Crippen LogP) is 3.82. The summed E-state index contributed by atoms with van der Waals surface area (Å²) >= 11 is 0. The van der Waals surface area contributed by atoms with Gasteiger partial charge in [-0.15, -0.1) is 0 Å². The number of pyridine rings is 1. The third-order valence-electron chi connectivity index (χ3n) is 3.03. The van der Waals surface area contributed by atoms with Crippen molar-refractivity contribution in [2.45, 2.75) is 13.8 Å². The molecule has 0 atom stereocenters. The van der Waals surface area contributed by atoms with Gasteiger partial charge in [0.25, 0.3) is 0 Å². The van der Waals surface area contributed by atoms with Crippen LogP contribution in [0.25, 0.3) is 22.8 Å². The van der Waals surface area contributed by atoms with E-state index in [1.807, 2.05) is 56.3 Å². The van der Waals surface area contributed by atoms with Gasteiger partial charge in [-0.25, -0.2) is 15.0 Å². The van der Waals surface area contributed by atoms with E-state index in [9.17, 15) is 0 Å². The molecule has 3 heteroatoms. The second-order valence-corrected chi connectivity index (χ2v) is 4.75. The Hall–Kier alpha value is -2.55. The highest BCUT2D eigenvalue weighted by Gasteiger charge is 2.06. The zero-order valence-electron chi connectivity index (χ0n) is 11.5.